The molecule has 0 amide bonds. The van der Waals surface area contributed by atoms with Gasteiger partial charge >= 0.3 is 0 Å². The van der Waals surface area contributed by atoms with E-state index in [9.17, 15) is 5.11 Å². The molecule has 2 fully saturated rings. The third kappa shape index (κ3) is 1.89. The van der Waals surface area contributed by atoms with E-state index in [4.69, 9.17) is 10.00 Å². The average molecular weight is 245 g/mol. The second-order valence-corrected chi connectivity index (χ2v) is 4.85. The Hall–Kier alpha value is -1.48. The SMILES string of the molecule is N#Cc1cncc(C2NCC3OCCC(O)C32)c1. The molecule has 2 aliphatic rings. The molecule has 5 nitrogen and oxygen atoms in total. The fourth-order valence-corrected chi connectivity index (χ4v) is 2.93. The molecule has 0 saturated carbocycles. The fourth-order valence-electron chi connectivity index (χ4n) is 2.93. The van der Waals surface area contributed by atoms with Gasteiger partial charge in [-0.1, -0.05) is 0 Å². The van der Waals surface area contributed by atoms with Crippen molar-refractivity contribution in [3.05, 3.63) is 29.6 Å². The third-order valence-electron chi connectivity index (χ3n) is 3.79. The number of rotatable bonds is 1. The van der Waals surface area contributed by atoms with Crippen LogP contribution in [-0.4, -0.2) is 35.5 Å². The van der Waals surface area contributed by atoms with E-state index in [1.807, 2.05) is 6.07 Å². The lowest BCUT2D eigenvalue weighted by atomic mass is 9.85. The highest BCUT2D eigenvalue weighted by atomic mass is 16.5. The van der Waals surface area contributed by atoms with E-state index < -0.39 is 0 Å². The number of nitriles is 1. The van der Waals surface area contributed by atoms with Gasteiger partial charge in [0.2, 0.25) is 0 Å². The van der Waals surface area contributed by atoms with Gasteiger partial charge in [-0.25, -0.2) is 0 Å². The Bertz CT molecular complexity index is 485. The molecule has 2 saturated heterocycles. The van der Waals surface area contributed by atoms with Gasteiger partial charge in [-0.05, 0) is 18.1 Å². The molecule has 0 radical (unpaired) electrons. The van der Waals surface area contributed by atoms with Crippen molar-refractivity contribution >= 4 is 0 Å². The van der Waals surface area contributed by atoms with E-state index in [1.165, 1.54) is 0 Å². The normalized spacial score (nSPS) is 34.9. The summed E-state index contributed by atoms with van der Waals surface area (Å²) in [6.45, 7) is 1.36. The van der Waals surface area contributed by atoms with Gasteiger partial charge in [0.15, 0.2) is 0 Å². The molecule has 0 bridgehead atoms. The van der Waals surface area contributed by atoms with Crippen molar-refractivity contribution < 1.29 is 9.84 Å². The van der Waals surface area contributed by atoms with E-state index in [1.54, 1.807) is 12.4 Å². The van der Waals surface area contributed by atoms with E-state index in [0.29, 0.717) is 18.6 Å². The molecule has 4 atom stereocenters. The zero-order valence-electron chi connectivity index (χ0n) is 9.91. The lowest BCUT2D eigenvalue weighted by molar-refractivity contribution is -0.0764. The highest BCUT2D eigenvalue weighted by Crippen LogP contribution is 2.37. The van der Waals surface area contributed by atoms with Crippen molar-refractivity contribution in [2.45, 2.75) is 24.7 Å². The first-order valence-electron chi connectivity index (χ1n) is 6.17. The number of hydrogen-bond donors (Lipinski definition) is 2. The summed E-state index contributed by atoms with van der Waals surface area (Å²) < 4.78 is 5.67. The summed E-state index contributed by atoms with van der Waals surface area (Å²) in [5.74, 6) is 0.0505. The minimum absolute atomic E-state index is 0.0195. The topological polar surface area (TPSA) is 78.2 Å². The van der Waals surface area contributed by atoms with Crippen molar-refractivity contribution in [1.82, 2.24) is 10.3 Å². The summed E-state index contributed by atoms with van der Waals surface area (Å²) >= 11 is 0. The van der Waals surface area contributed by atoms with Crippen LogP contribution in [0.5, 0.6) is 0 Å². The van der Waals surface area contributed by atoms with E-state index >= 15 is 0 Å². The number of pyridine rings is 1. The van der Waals surface area contributed by atoms with Crippen molar-refractivity contribution in [3.63, 3.8) is 0 Å². The van der Waals surface area contributed by atoms with Gasteiger partial charge in [0, 0.05) is 37.5 Å². The number of nitrogens with one attached hydrogen (secondary N) is 1. The molecule has 5 heteroatoms. The molecular formula is C13H15N3O2. The zero-order chi connectivity index (χ0) is 12.5. The molecule has 94 valence electrons. The summed E-state index contributed by atoms with van der Waals surface area (Å²) in [7, 11) is 0. The Morgan fingerprint density at radius 1 is 1.50 bits per heavy atom. The van der Waals surface area contributed by atoms with Crippen molar-refractivity contribution in [1.29, 1.82) is 5.26 Å². The molecule has 3 heterocycles. The second kappa shape index (κ2) is 4.65. The van der Waals surface area contributed by atoms with Crippen LogP contribution in [0.3, 0.4) is 0 Å². The summed E-state index contributed by atoms with van der Waals surface area (Å²) in [4.78, 5) is 4.08. The smallest absolute Gasteiger partial charge is 0.101 e. The summed E-state index contributed by atoms with van der Waals surface area (Å²) in [6.07, 6.45) is 3.68. The van der Waals surface area contributed by atoms with E-state index in [0.717, 1.165) is 12.1 Å². The first-order chi connectivity index (χ1) is 8.79. The van der Waals surface area contributed by atoms with E-state index in [2.05, 4.69) is 16.4 Å². The largest absolute Gasteiger partial charge is 0.393 e. The van der Waals surface area contributed by atoms with Crippen LogP contribution in [0, 0.1) is 17.2 Å². The number of aromatic nitrogens is 1. The number of fused-ring (bicyclic) bond motifs is 1. The molecule has 1 aromatic rings. The van der Waals surface area contributed by atoms with Gasteiger partial charge in [0.1, 0.15) is 6.07 Å². The predicted molar refractivity (Wildman–Crippen MR) is 63.5 cm³/mol. The number of aliphatic hydroxyl groups is 1. The molecule has 0 aromatic carbocycles. The number of hydrogen-bond acceptors (Lipinski definition) is 5. The molecule has 1 aromatic heterocycles. The molecule has 2 aliphatic heterocycles. The van der Waals surface area contributed by atoms with Gasteiger partial charge in [-0.15, -0.1) is 0 Å². The highest BCUT2D eigenvalue weighted by molar-refractivity contribution is 5.31. The minimum Gasteiger partial charge on any atom is -0.393 e. The lowest BCUT2D eigenvalue weighted by Gasteiger charge is -2.33. The van der Waals surface area contributed by atoms with Crippen LogP contribution < -0.4 is 5.32 Å². The quantitative estimate of drug-likeness (QED) is 0.747. The van der Waals surface area contributed by atoms with Crippen LogP contribution in [-0.2, 0) is 4.74 Å². The van der Waals surface area contributed by atoms with Gasteiger partial charge < -0.3 is 15.2 Å². The number of nitrogens with zero attached hydrogens (tertiary/aromatic N) is 2. The first kappa shape index (κ1) is 11.6. The summed E-state index contributed by atoms with van der Waals surface area (Å²) in [5.41, 5.74) is 1.50. The van der Waals surface area contributed by atoms with Crippen LogP contribution in [0.25, 0.3) is 0 Å². The predicted octanol–water partition coefficient (Wildman–Crippen LogP) is 0.364. The summed E-state index contributed by atoms with van der Waals surface area (Å²) in [5, 5.41) is 22.4. The van der Waals surface area contributed by atoms with Crippen LogP contribution in [0.15, 0.2) is 18.5 Å². The van der Waals surface area contributed by atoms with Gasteiger partial charge in [0.05, 0.1) is 17.8 Å². The minimum atomic E-state index is -0.352. The third-order valence-corrected chi connectivity index (χ3v) is 3.79. The molecule has 2 N–H and O–H groups in total. The molecule has 18 heavy (non-hydrogen) atoms. The Morgan fingerprint density at radius 3 is 3.22 bits per heavy atom. The summed E-state index contributed by atoms with van der Waals surface area (Å²) in [6, 6.07) is 3.94. The Balaban J connectivity index is 1.90. The average Bonchev–Trinajstić information content (AvgIpc) is 2.84. The molecule has 0 aliphatic carbocycles. The molecule has 0 spiro atoms. The molecular weight excluding hydrogens is 230 g/mol. The highest BCUT2D eigenvalue weighted by Gasteiger charge is 2.44. The van der Waals surface area contributed by atoms with Gasteiger partial charge in [-0.3, -0.25) is 4.98 Å². The number of ether oxygens (including phenoxy) is 1. The van der Waals surface area contributed by atoms with Crippen LogP contribution in [0.2, 0.25) is 0 Å². The second-order valence-electron chi connectivity index (χ2n) is 4.85. The first-order valence-corrected chi connectivity index (χ1v) is 6.17. The molecule has 3 rings (SSSR count). The Morgan fingerprint density at radius 2 is 2.39 bits per heavy atom. The van der Waals surface area contributed by atoms with E-state index in [-0.39, 0.29) is 24.2 Å². The zero-order valence-corrected chi connectivity index (χ0v) is 9.91. The molecule has 4 unspecified atom stereocenters. The maximum Gasteiger partial charge on any atom is 0.101 e. The van der Waals surface area contributed by atoms with Crippen molar-refractivity contribution in [2.24, 2.45) is 5.92 Å². The van der Waals surface area contributed by atoms with Crippen LogP contribution in [0.1, 0.15) is 23.6 Å². The van der Waals surface area contributed by atoms with Gasteiger partial charge in [-0.2, -0.15) is 5.26 Å². The fraction of sp³-hybridized carbons (Fsp3) is 0.538. The van der Waals surface area contributed by atoms with Gasteiger partial charge in [0.25, 0.3) is 0 Å². The lowest BCUT2D eigenvalue weighted by Crippen LogP contribution is -2.39. The Kier molecular flexibility index (Phi) is 3.00. The van der Waals surface area contributed by atoms with Crippen LogP contribution >= 0.6 is 0 Å². The Labute approximate surface area is 105 Å². The van der Waals surface area contributed by atoms with Crippen molar-refractivity contribution in [2.75, 3.05) is 13.2 Å². The standard InChI is InChI=1S/C13H15N3O2/c14-4-8-3-9(6-15-5-8)13-12-10(17)1-2-18-11(12)7-16-13/h3,5-6,10-13,16-17H,1-2,7H2. The van der Waals surface area contributed by atoms with Crippen LogP contribution in [0.4, 0.5) is 0 Å². The number of aliphatic hydroxyl groups excluding tert-OH is 1. The monoisotopic (exact) mass is 245 g/mol. The maximum absolute atomic E-state index is 10.1. The van der Waals surface area contributed by atoms with Crippen molar-refractivity contribution in [3.8, 4) is 6.07 Å². The maximum atomic E-state index is 10.1.